The van der Waals surface area contributed by atoms with Gasteiger partial charge in [-0.3, -0.25) is 19.8 Å². The number of pyridine rings is 2. The molecule has 1 aliphatic rings. The summed E-state index contributed by atoms with van der Waals surface area (Å²) in [6.45, 7) is 5.33. The minimum atomic E-state index is 0.571. The second-order valence-electron chi connectivity index (χ2n) is 9.58. The summed E-state index contributed by atoms with van der Waals surface area (Å²) in [6, 6.07) is 12.0. The fourth-order valence-electron chi connectivity index (χ4n) is 5.32. The van der Waals surface area contributed by atoms with E-state index in [9.17, 15) is 0 Å². The van der Waals surface area contributed by atoms with Gasteiger partial charge in [-0.1, -0.05) is 0 Å². The third kappa shape index (κ3) is 5.24. The molecule has 4 aromatic rings. The number of nitrogens with zero attached hydrogens (tertiary/aromatic N) is 4. The molecule has 1 aliphatic heterocycles. The lowest BCUT2D eigenvalue weighted by molar-refractivity contribution is 0.120. The molecular formula is C30H36N4O6. The van der Waals surface area contributed by atoms with Crippen LogP contribution in [0.1, 0.15) is 11.4 Å². The topological polar surface area (TPSA) is 87.6 Å². The summed E-state index contributed by atoms with van der Waals surface area (Å²) in [5.74, 6) is 3.60. The van der Waals surface area contributed by atoms with Gasteiger partial charge in [-0.15, -0.1) is 0 Å². The highest BCUT2D eigenvalue weighted by Crippen LogP contribution is 2.44. The van der Waals surface area contributed by atoms with Crippen molar-refractivity contribution in [2.24, 2.45) is 0 Å². The first-order valence-electron chi connectivity index (χ1n) is 13.1. The number of hydrogen-bond acceptors (Lipinski definition) is 10. The van der Waals surface area contributed by atoms with E-state index in [-0.39, 0.29) is 0 Å². The average molecular weight is 549 g/mol. The molecule has 212 valence electrons. The molecule has 1 saturated heterocycles. The molecule has 0 atom stereocenters. The van der Waals surface area contributed by atoms with Gasteiger partial charge in [0.25, 0.3) is 0 Å². The van der Waals surface area contributed by atoms with Gasteiger partial charge in [0.05, 0.1) is 65.1 Å². The summed E-state index contributed by atoms with van der Waals surface area (Å²) in [4.78, 5) is 14.7. The van der Waals surface area contributed by atoms with E-state index in [0.717, 1.165) is 72.5 Å². The first-order valence-corrected chi connectivity index (χ1v) is 13.1. The minimum absolute atomic E-state index is 0.571. The van der Waals surface area contributed by atoms with Crippen molar-refractivity contribution in [1.82, 2.24) is 19.8 Å². The standard InChI is InChI=1S/C30H36N4O6/c1-35-25-15-23-21(27(37-3)29(25)39-5)9-7-19(31-23)17-33-11-13-34(14-12-33)18-20-8-10-22-24(32-20)16-26(36-2)30(40-6)28(22)38-4/h7-10,15-16H,11-14,17-18H2,1-6H3. The van der Waals surface area contributed by atoms with Crippen molar-refractivity contribution in [1.29, 1.82) is 0 Å². The Morgan fingerprint density at radius 2 is 0.900 bits per heavy atom. The number of fused-ring (bicyclic) bond motifs is 2. The Morgan fingerprint density at radius 3 is 1.23 bits per heavy atom. The Hall–Kier alpha value is -4.02. The molecule has 0 N–H and O–H groups in total. The molecule has 5 rings (SSSR count). The maximum atomic E-state index is 5.62. The third-order valence-corrected chi connectivity index (χ3v) is 7.34. The van der Waals surface area contributed by atoms with E-state index in [1.165, 1.54) is 0 Å². The first-order chi connectivity index (χ1) is 19.5. The number of ether oxygens (including phenoxy) is 6. The Kier molecular flexibility index (Phi) is 8.27. The van der Waals surface area contributed by atoms with Crippen LogP contribution in [-0.4, -0.2) is 88.6 Å². The number of hydrogen-bond donors (Lipinski definition) is 0. The van der Waals surface area contributed by atoms with Crippen LogP contribution in [0, 0.1) is 0 Å². The zero-order valence-electron chi connectivity index (χ0n) is 23.9. The molecule has 40 heavy (non-hydrogen) atoms. The van der Waals surface area contributed by atoms with Crippen molar-refractivity contribution in [3.63, 3.8) is 0 Å². The van der Waals surface area contributed by atoms with Crippen molar-refractivity contribution < 1.29 is 28.4 Å². The van der Waals surface area contributed by atoms with E-state index in [0.29, 0.717) is 34.5 Å². The molecule has 10 nitrogen and oxygen atoms in total. The molecule has 0 bridgehead atoms. The highest BCUT2D eigenvalue weighted by molar-refractivity contribution is 5.91. The third-order valence-electron chi connectivity index (χ3n) is 7.34. The van der Waals surface area contributed by atoms with Gasteiger partial charge in [-0.25, -0.2) is 0 Å². The fraction of sp³-hybridized carbons (Fsp3) is 0.400. The van der Waals surface area contributed by atoms with Crippen LogP contribution in [0.2, 0.25) is 0 Å². The van der Waals surface area contributed by atoms with Crippen LogP contribution in [0.4, 0.5) is 0 Å². The van der Waals surface area contributed by atoms with Crippen molar-refractivity contribution in [3.05, 3.63) is 47.8 Å². The maximum absolute atomic E-state index is 5.62. The number of benzene rings is 2. The molecular weight excluding hydrogens is 512 g/mol. The highest BCUT2D eigenvalue weighted by Gasteiger charge is 2.21. The lowest BCUT2D eigenvalue weighted by Crippen LogP contribution is -2.45. The number of methoxy groups -OCH3 is 6. The largest absolute Gasteiger partial charge is 0.493 e. The Labute approximate surface area is 234 Å². The summed E-state index contributed by atoms with van der Waals surface area (Å²) in [5, 5.41) is 1.79. The predicted octanol–water partition coefficient (Wildman–Crippen LogP) is 4.15. The summed E-state index contributed by atoms with van der Waals surface area (Å²) in [6.07, 6.45) is 0. The van der Waals surface area contributed by atoms with Crippen LogP contribution in [0.15, 0.2) is 36.4 Å². The van der Waals surface area contributed by atoms with E-state index in [2.05, 4.69) is 21.9 Å². The molecule has 0 spiro atoms. The number of piperazine rings is 1. The normalized spacial score (nSPS) is 14.3. The zero-order valence-corrected chi connectivity index (χ0v) is 23.9. The molecule has 0 saturated carbocycles. The van der Waals surface area contributed by atoms with E-state index < -0.39 is 0 Å². The van der Waals surface area contributed by atoms with E-state index in [1.54, 1.807) is 42.7 Å². The van der Waals surface area contributed by atoms with Crippen molar-refractivity contribution >= 4 is 21.8 Å². The molecule has 0 amide bonds. The van der Waals surface area contributed by atoms with Gasteiger partial charge in [-0.2, -0.15) is 0 Å². The fourth-order valence-corrected chi connectivity index (χ4v) is 5.32. The molecule has 2 aromatic heterocycles. The second-order valence-corrected chi connectivity index (χ2v) is 9.58. The van der Waals surface area contributed by atoms with Crippen molar-refractivity contribution in [2.75, 3.05) is 68.8 Å². The Morgan fingerprint density at radius 1 is 0.525 bits per heavy atom. The van der Waals surface area contributed by atoms with Crippen LogP contribution in [-0.2, 0) is 13.1 Å². The molecule has 2 aromatic carbocycles. The lowest BCUT2D eigenvalue weighted by atomic mass is 10.1. The Bertz CT molecular complexity index is 1390. The molecule has 3 heterocycles. The quantitative estimate of drug-likeness (QED) is 0.288. The molecule has 0 unspecified atom stereocenters. The van der Waals surface area contributed by atoms with Gasteiger partial charge in [0, 0.05) is 62.2 Å². The van der Waals surface area contributed by atoms with Gasteiger partial charge >= 0.3 is 0 Å². The first kappa shape index (κ1) is 27.5. The molecule has 1 fully saturated rings. The molecule has 0 aliphatic carbocycles. The summed E-state index contributed by atoms with van der Waals surface area (Å²) < 4.78 is 33.3. The number of aromatic nitrogens is 2. The van der Waals surface area contributed by atoms with Crippen LogP contribution >= 0.6 is 0 Å². The summed E-state index contributed by atoms with van der Waals surface area (Å²) in [5.41, 5.74) is 3.65. The molecule has 0 radical (unpaired) electrons. The lowest BCUT2D eigenvalue weighted by Gasteiger charge is -2.34. The van der Waals surface area contributed by atoms with Crippen LogP contribution in [0.3, 0.4) is 0 Å². The van der Waals surface area contributed by atoms with Crippen LogP contribution in [0.5, 0.6) is 34.5 Å². The van der Waals surface area contributed by atoms with Gasteiger partial charge in [0.15, 0.2) is 23.0 Å². The van der Waals surface area contributed by atoms with E-state index in [4.69, 9.17) is 38.4 Å². The number of rotatable bonds is 10. The maximum Gasteiger partial charge on any atom is 0.204 e. The van der Waals surface area contributed by atoms with Gasteiger partial charge in [0.2, 0.25) is 11.5 Å². The summed E-state index contributed by atoms with van der Waals surface area (Å²) in [7, 11) is 9.70. The van der Waals surface area contributed by atoms with Gasteiger partial charge < -0.3 is 28.4 Å². The second kappa shape index (κ2) is 12.0. The monoisotopic (exact) mass is 548 g/mol. The average Bonchev–Trinajstić information content (AvgIpc) is 2.99. The van der Waals surface area contributed by atoms with Gasteiger partial charge in [0.1, 0.15) is 0 Å². The molecule has 10 heteroatoms. The van der Waals surface area contributed by atoms with E-state index in [1.807, 2.05) is 24.3 Å². The Balaban J connectivity index is 1.26. The van der Waals surface area contributed by atoms with Crippen molar-refractivity contribution in [3.8, 4) is 34.5 Å². The SMILES string of the molecule is COc1cc2nc(CN3CCN(Cc4ccc5c(OC)c(OC)c(OC)cc5n4)CC3)ccc2c(OC)c1OC. The van der Waals surface area contributed by atoms with Crippen LogP contribution < -0.4 is 28.4 Å². The van der Waals surface area contributed by atoms with Gasteiger partial charge in [-0.05, 0) is 24.3 Å². The van der Waals surface area contributed by atoms with E-state index >= 15 is 0 Å². The predicted molar refractivity (Wildman–Crippen MR) is 153 cm³/mol. The minimum Gasteiger partial charge on any atom is -0.493 e. The zero-order chi connectivity index (χ0) is 28.2. The highest BCUT2D eigenvalue weighted by atomic mass is 16.5. The summed E-state index contributed by atoms with van der Waals surface area (Å²) >= 11 is 0. The van der Waals surface area contributed by atoms with Crippen molar-refractivity contribution in [2.45, 2.75) is 13.1 Å². The van der Waals surface area contributed by atoms with Crippen LogP contribution in [0.25, 0.3) is 21.8 Å². The smallest absolute Gasteiger partial charge is 0.204 e.